The van der Waals surface area contributed by atoms with Gasteiger partial charge in [0.2, 0.25) is 0 Å². The van der Waals surface area contributed by atoms with Crippen molar-refractivity contribution in [1.82, 2.24) is 4.90 Å². The Morgan fingerprint density at radius 2 is 2.06 bits per heavy atom. The number of hydrogen-bond donors (Lipinski definition) is 1. The number of rotatable bonds is 5. The van der Waals surface area contributed by atoms with Crippen molar-refractivity contribution in [3.8, 4) is 0 Å². The van der Waals surface area contributed by atoms with Gasteiger partial charge in [-0.05, 0) is 52.1 Å². The summed E-state index contributed by atoms with van der Waals surface area (Å²) in [6, 6.07) is 5.02. The molecule has 0 spiro atoms. The van der Waals surface area contributed by atoms with Crippen LogP contribution < -0.4 is 5.73 Å². The number of nitrogens with two attached hydrogens (primary N) is 1. The molecule has 0 aliphatic rings. The van der Waals surface area contributed by atoms with E-state index in [1.807, 2.05) is 27.0 Å². The highest BCUT2D eigenvalue weighted by molar-refractivity contribution is 9.10. The van der Waals surface area contributed by atoms with Gasteiger partial charge in [0.1, 0.15) is 5.82 Å². The lowest BCUT2D eigenvalue weighted by atomic mass is 10.0. The van der Waals surface area contributed by atoms with Crippen molar-refractivity contribution in [1.29, 1.82) is 0 Å². The molecule has 0 aromatic heterocycles. The number of hydrogen-bond acceptors (Lipinski definition) is 2. The lowest BCUT2D eigenvalue weighted by Gasteiger charge is -2.23. The van der Waals surface area contributed by atoms with Crippen LogP contribution in [-0.4, -0.2) is 24.0 Å². The van der Waals surface area contributed by atoms with Gasteiger partial charge in [-0.1, -0.05) is 15.9 Å². The van der Waals surface area contributed by atoms with E-state index in [-0.39, 0.29) is 11.4 Å². The quantitative estimate of drug-likeness (QED) is 0.905. The van der Waals surface area contributed by atoms with Gasteiger partial charge in [-0.15, -0.1) is 0 Å². The van der Waals surface area contributed by atoms with E-state index >= 15 is 0 Å². The maximum absolute atomic E-state index is 13.5. The minimum Gasteiger partial charge on any atom is -0.326 e. The molecule has 0 amide bonds. The Morgan fingerprint density at radius 3 is 2.65 bits per heavy atom. The van der Waals surface area contributed by atoms with Gasteiger partial charge in [0, 0.05) is 22.1 Å². The Morgan fingerprint density at radius 1 is 1.41 bits per heavy atom. The van der Waals surface area contributed by atoms with Gasteiger partial charge < -0.3 is 10.6 Å². The summed E-state index contributed by atoms with van der Waals surface area (Å²) in [4.78, 5) is 2.08. The molecular formula is C13H20BrFN2. The van der Waals surface area contributed by atoms with Crippen molar-refractivity contribution < 1.29 is 4.39 Å². The van der Waals surface area contributed by atoms with E-state index in [0.717, 1.165) is 17.4 Å². The second-order valence-corrected chi connectivity index (χ2v) is 6.13. The smallest absolute Gasteiger partial charge is 0.127 e. The van der Waals surface area contributed by atoms with Gasteiger partial charge in [0.05, 0.1) is 0 Å². The summed E-state index contributed by atoms with van der Waals surface area (Å²) in [7, 11) is 1.98. The van der Waals surface area contributed by atoms with Crippen molar-refractivity contribution in [2.24, 2.45) is 5.73 Å². The maximum atomic E-state index is 13.5. The molecule has 1 aromatic carbocycles. The van der Waals surface area contributed by atoms with Gasteiger partial charge in [-0.3, -0.25) is 0 Å². The van der Waals surface area contributed by atoms with Crippen molar-refractivity contribution in [2.75, 3.05) is 13.6 Å². The van der Waals surface area contributed by atoms with Crippen LogP contribution in [0.2, 0.25) is 0 Å². The molecule has 2 nitrogen and oxygen atoms in total. The lowest BCUT2D eigenvalue weighted by molar-refractivity contribution is 0.285. The van der Waals surface area contributed by atoms with Gasteiger partial charge in [0.25, 0.3) is 0 Å². The van der Waals surface area contributed by atoms with E-state index in [2.05, 4.69) is 20.8 Å². The average Bonchev–Trinajstić information content (AvgIpc) is 2.20. The predicted molar refractivity (Wildman–Crippen MR) is 73.3 cm³/mol. The van der Waals surface area contributed by atoms with Crippen molar-refractivity contribution in [3.05, 3.63) is 34.1 Å². The lowest BCUT2D eigenvalue weighted by Crippen LogP contribution is -2.36. The maximum Gasteiger partial charge on any atom is 0.127 e. The molecule has 0 aliphatic carbocycles. The Labute approximate surface area is 111 Å². The molecule has 0 saturated heterocycles. The molecule has 0 unspecified atom stereocenters. The van der Waals surface area contributed by atoms with Crippen LogP contribution in [0.1, 0.15) is 25.8 Å². The SMILES string of the molecule is CN(CCC(C)(C)N)Cc1cc(Br)ccc1F. The van der Waals surface area contributed by atoms with Crippen molar-refractivity contribution in [2.45, 2.75) is 32.4 Å². The highest BCUT2D eigenvalue weighted by atomic mass is 79.9. The van der Waals surface area contributed by atoms with E-state index < -0.39 is 0 Å². The number of benzene rings is 1. The van der Waals surface area contributed by atoms with Crippen LogP contribution in [0.4, 0.5) is 4.39 Å². The summed E-state index contributed by atoms with van der Waals surface area (Å²) in [6.07, 6.45) is 0.888. The Balaban J connectivity index is 2.56. The number of nitrogens with zero attached hydrogens (tertiary/aromatic N) is 1. The Hall–Kier alpha value is -0.450. The van der Waals surface area contributed by atoms with E-state index in [0.29, 0.717) is 12.1 Å². The van der Waals surface area contributed by atoms with E-state index in [1.165, 1.54) is 6.07 Å². The first-order chi connectivity index (χ1) is 7.78. The van der Waals surface area contributed by atoms with Crippen molar-refractivity contribution in [3.63, 3.8) is 0 Å². The Bertz CT molecular complexity index is 374. The fourth-order valence-electron chi connectivity index (χ4n) is 1.51. The first-order valence-corrected chi connectivity index (χ1v) is 6.48. The predicted octanol–water partition coefficient (Wildman–Crippen LogP) is 3.15. The molecule has 1 rings (SSSR count). The molecule has 17 heavy (non-hydrogen) atoms. The largest absolute Gasteiger partial charge is 0.326 e. The third kappa shape index (κ3) is 5.61. The van der Waals surface area contributed by atoms with E-state index in [9.17, 15) is 4.39 Å². The summed E-state index contributed by atoms with van der Waals surface area (Å²) in [5, 5.41) is 0. The number of halogens is 2. The molecule has 96 valence electrons. The minimum atomic E-state index is -0.177. The Kier molecular flexibility index (Phi) is 5.10. The van der Waals surface area contributed by atoms with Gasteiger partial charge >= 0.3 is 0 Å². The molecule has 0 radical (unpaired) electrons. The first kappa shape index (κ1) is 14.6. The molecule has 0 heterocycles. The highest BCUT2D eigenvalue weighted by Crippen LogP contribution is 2.17. The summed E-state index contributed by atoms with van der Waals surface area (Å²) in [5.41, 5.74) is 6.45. The fraction of sp³-hybridized carbons (Fsp3) is 0.538. The van der Waals surface area contributed by atoms with E-state index in [1.54, 1.807) is 6.07 Å². The topological polar surface area (TPSA) is 29.3 Å². The van der Waals surface area contributed by atoms with Crippen LogP contribution in [0.15, 0.2) is 22.7 Å². The summed E-state index contributed by atoms with van der Waals surface area (Å²) in [5.74, 6) is -0.160. The summed E-state index contributed by atoms with van der Waals surface area (Å²) >= 11 is 3.35. The fourth-order valence-corrected chi connectivity index (χ4v) is 1.92. The molecule has 4 heteroatoms. The summed E-state index contributed by atoms with van der Waals surface area (Å²) < 4.78 is 14.4. The van der Waals surface area contributed by atoms with Crippen LogP contribution in [0.25, 0.3) is 0 Å². The monoisotopic (exact) mass is 302 g/mol. The second-order valence-electron chi connectivity index (χ2n) is 5.21. The molecule has 2 N–H and O–H groups in total. The zero-order valence-corrected chi connectivity index (χ0v) is 12.2. The van der Waals surface area contributed by atoms with Gasteiger partial charge in [0.15, 0.2) is 0 Å². The molecule has 0 fully saturated rings. The molecule has 1 aromatic rings. The zero-order chi connectivity index (χ0) is 13.1. The molecule has 0 atom stereocenters. The standard InChI is InChI=1S/C13H20BrFN2/c1-13(2,16)6-7-17(3)9-10-8-11(14)4-5-12(10)15/h4-5,8H,6-7,9,16H2,1-3H3. The normalized spacial score (nSPS) is 12.2. The summed E-state index contributed by atoms with van der Waals surface area (Å²) in [6.45, 7) is 5.46. The van der Waals surface area contributed by atoms with Crippen molar-refractivity contribution >= 4 is 15.9 Å². The van der Waals surface area contributed by atoms with Crippen LogP contribution in [0, 0.1) is 5.82 Å². The highest BCUT2D eigenvalue weighted by Gasteiger charge is 2.12. The van der Waals surface area contributed by atoms with Crippen LogP contribution in [-0.2, 0) is 6.54 Å². The first-order valence-electron chi connectivity index (χ1n) is 5.69. The molecule has 0 aliphatic heterocycles. The van der Waals surface area contributed by atoms with Gasteiger partial charge in [-0.2, -0.15) is 0 Å². The minimum absolute atomic E-state index is 0.160. The van der Waals surface area contributed by atoms with Crippen LogP contribution >= 0.6 is 15.9 Å². The third-order valence-electron chi connectivity index (χ3n) is 2.59. The molecular weight excluding hydrogens is 283 g/mol. The van der Waals surface area contributed by atoms with Crippen LogP contribution in [0.5, 0.6) is 0 Å². The average molecular weight is 303 g/mol. The molecule has 0 bridgehead atoms. The second kappa shape index (κ2) is 5.94. The van der Waals surface area contributed by atoms with Crippen LogP contribution in [0.3, 0.4) is 0 Å². The zero-order valence-electron chi connectivity index (χ0n) is 10.6. The third-order valence-corrected chi connectivity index (χ3v) is 3.08. The van der Waals surface area contributed by atoms with Gasteiger partial charge in [-0.25, -0.2) is 4.39 Å². The molecule has 0 saturated carbocycles. The van der Waals surface area contributed by atoms with E-state index in [4.69, 9.17) is 5.73 Å².